The van der Waals surface area contributed by atoms with Crippen LogP contribution in [0.25, 0.3) is 0 Å². The zero-order valence-electron chi connectivity index (χ0n) is 11.5. The highest BCUT2D eigenvalue weighted by Crippen LogP contribution is 2.59. The zero-order valence-corrected chi connectivity index (χ0v) is 13.1. The van der Waals surface area contributed by atoms with Crippen LogP contribution in [0.5, 0.6) is 0 Å². The summed E-state index contributed by atoms with van der Waals surface area (Å²) in [5.41, 5.74) is 2.70. The Morgan fingerprint density at radius 1 is 1.11 bits per heavy atom. The largest absolute Gasteiger partial charge is 0.382 e. The first-order valence-electron chi connectivity index (χ1n) is 7.75. The molecule has 0 radical (unpaired) electrons. The average Bonchev–Trinajstić information content (AvgIpc) is 3.04. The first-order valence-corrected chi connectivity index (χ1v) is 8.54. The quantitative estimate of drug-likeness (QED) is 0.809. The van der Waals surface area contributed by atoms with Crippen molar-refractivity contribution < 1.29 is 0 Å². The van der Waals surface area contributed by atoms with Gasteiger partial charge in [0.15, 0.2) is 0 Å². The molecule has 0 saturated heterocycles. The molecule has 3 fully saturated rings. The molecule has 1 N–H and O–H groups in total. The number of aryl methyl sites for hydroxylation is 1. The lowest BCUT2D eigenvalue weighted by molar-refractivity contribution is 0.243. The summed E-state index contributed by atoms with van der Waals surface area (Å²) in [6, 6.07) is 7.34. The number of halogens is 1. The topological polar surface area (TPSA) is 12.0 Å². The molecule has 3 aliphatic carbocycles. The predicted octanol–water partition coefficient (Wildman–Crippen LogP) is 4.99. The molecule has 1 nitrogen and oxygen atoms in total. The molecule has 5 unspecified atom stereocenters. The van der Waals surface area contributed by atoms with Gasteiger partial charge in [-0.15, -0.1) is 0 Å². The average molecular weight is 320 g/mol. The molecule has 0 spiro atoms. The van der Waals surface area contributed by atoms with E-state index < -0.39 is 0 Å². The molecule has 0 aromatic heterocycles. The van der Waals surface area contributed by atoms with Gasteiger partial charge in [0.2, 0.25) is 0 Å². The highest BCUT2D eigenvalue weighted by Gasteiger charge is 2.53. The van der Waals surface area contributed by atoms with Gasteiger partial charge in [-0.1, -0.05) is 22.4 Å². The fraction of sp³-hybridized carbons (Fsp3) is 0.647. The second kappa shape index (κ2) is 4.51. The van der Waals surface area contributed by atoms with Crippen LogP contribution in [-0.2, 0) is 0 Å². The third kappa shape index (κ3) is 1.94. The van der Waals surface area contributed by atoms with Gasteiger partial charge in [-0.05, 0) is 80.0 Å². The molecule has 19 heavy (non-hydrogen) atoms. The number of anilines is 1. The molecule has 1 aromatic carbocycles. The van der Waals surface area contributed by atoms with E-state index in [1.54, 1.807) is 0 Å². The lowest BCUT2D eigenvalue weighted by Crippen LogP contribution is -2.34. The van der Waals surface area contributed by atoms with E-state index in [-0.39, 0.29) is 0 Å². The van der Waals surface area contributed by atoms with Crippen molar-refractivity contribution in [2.24, 2.45) is 23.7 Å². The Morgan fingerprint density at radius 2 is 1.95 bits per heavy atom. The number of fused-ring (bicyclic) bond motifs is 5. The van der Waals surface area contributed by atoms with Crippen LogP contribution >= 0.6 is 15.9 Å². The Labute approximate surface area is 124 Å². The highest BCUT2D eigenvalue weighted by atomic mass is 79.9. The summed E-state index contributed by atoms with van der Waals surface area (Å²) < 4.78 is 1.18. The SMILES string of the molecule is Cc1cc(Br)ccc1NC1CC2CC1C1CCCC21. The normalized spacial score (nSPS) is 39.6. The van der Waals surface area contributed by atoms with E-state index >= 15 is 0 Å². The van der Waals surface area contributed by atoms with E-state index in [1.165, 1.54) is 47.8 Å². The van der Waals surface area contributed by atoms with E-state index in [1.807, 2.05) is 0 Å². The van der Waals surface area contributed by atoms with E-state index in [0.29, 0.717) is 0 Å². The molecule has 2 bridgehead atoms. The molecule has 0 aliphatic heterocycles. The van der Waals surface area contributed by atoms with Gasteiger partial charge < -0.3 is 5.32 Å². The van der Waals surface area contributed by atoms with Gasteiger partial charge in [0.1, 0.15) is 0 Å². The first-order chi connectivity index (χ1) is 9.22. The van der Waals surface area contributed by atoms with Crippen molar-refractivity contribution in [3.05, 3.63) is 28.2 Å². The van der Waals surface area contributed by atoms with Crippen molar-refractivity contribution in [2.75, 3.05) is 5.32 Å². The summed E-state index contributed by atoms with van der Waals surface area (Å²) in [6.45, 7) is 2.21. The Balaban J connectivity index is 1.52. The number of nitrogens with one attached hydrogen (secondary N) is 1. The van der Waals surface area contributed by atoms with Crippen LogP contribution in [0.3, 0.4) is 0 Å². The standard InChI is InChI=1S/C17H22BrN/c1-10-7-12(18)5-6-16(10)19-17-9-11-8-15(17)14-4-2-3-13(11)14/h5-7,11,13-15,17,19H,2-4,8-9H2,1H3. The molecule has 1 aromatic rings. The van der Waals surface area contributed by atoms with Crippen LogP contribution in [0.2, 0.25) is 0 Å². The maximum Gasteiger partial charge on any atom is 0.0372 e. The van der Waals surface area contributed by atoms with Crippen LogP contribution in [0.1, 0.15) is 37.7 Å². The number of hydrogen-bond donors (Lipinski definition) is 1. The van der Waals surface area contributed by atoms with Gasteiger partial charge in [-0.2, -0.15) is 0 Å². The minimum Gasteiger partial charge on any atom is -0.382 e. The first kappa shape index (κ1) is 12.3. The van der Waals surface area contributed by atoms with Crippen LogP contribution in [0.15, 0.2) is 22.7 Å². The number of benzene rings is 1. The molecule has 2 heteroatoms. The van der Waals surface area contributed by atoms with E-state index in [2.05, 4.69) is 46.4 Å². The van der Waals surface area contributed by atoms with E-state index in [0.717, 1.165) is 29.7 Å². The van der Waals surface area contributed by atoms with E-state index in [9.17, 15) is 0 Å². The van der Waals surface area contributed by atoms with Crippen LogP contribution < -0.4 is 5.32 Å². The van der Waals surface area contributed by atoms with Gasteiger partial charge >= 0.3 is 0 Å². The van der Waals surface area contributed by atoms with Crippen molar-refractivity contribution in [1.29, 1.82) is 0 Å². The van der Waals surface area contributed by atoms with Crippen LogP contribution in [0.4, 0.5) is 5.69 Å². The van der Waals surface area contributed by atoms with Crippen LogP contribution in [-0.4, -0.2) is 6.04 Å². The minimum atomic E-state index is 0.740. The van der Waals surface area contributed by atoms with Gasteiger partial charge in [-0.3, -0.25) is 0 Å². The lowest BCUT2D eigenvalue weighted by Gasteiger charge is -2.33. The molecular weight excluding hydrogens is 298 g/mol. The summed E-state index contributed by atoms with van der Waals surface area (Å²) in [5.74, 6) is 4.13. The summed E-state index contributed by atoms with van der Waals surface area (Å²) in [4.78, 5) is 0. The molecule has 102 valence electrons. The van der Waals surface area contributed by atoms with E-state index in [4.69, 9.17) is 0 Å². The fourth-order valence-corrected chi connectivity index (χ4v) is 5.70. The van der Waals surface area contributed by atoms with Crippen molar-refractivity contribution in [3.8, 4) is 0 Å². The second-order valence-electron chi connectivity index (χ2n) is 6.86. The molecule has 4 rings (SSSR count). The maximum absolute atomic E-state index is 3.86. The van der Waals surface area contributed by atoms with Crippen molar-refractivity contribution in [3.63, 3.8) is 0 Å². The second-order valence-corrected chi connectivity index (χ2v) is 7.78. The zero-order chi connectivity index (χ0) is 13.0. The predicted molar refractivity (Wildman–Crippen MR) is 83.3 cm³/mol. The van der Waals surface area contributed by atoms with Gasteiger partial charge in [0.25, 0.3) is 0 Å². The number of hydrogen-bond acceptors (Lipinski definition) is 1. The molecule has 0 amide bonds. The fourth-order valence-electron chi connectivity index (χ4n) is 5.22. The van der Waals surface area contributed by atoms with Crippen molar-refractivity contribution >= 4 is 21.6 Å². The monoisotopic (exact) mass is 319 g/mol. The lowest BCUT2D eigenvalue weighted by atomic mass is 9.79. The Bertz CT molecular complexity index is 498. The molecule has 5 atom stereocenters. The van der Waals surface area contributed by atoms with Gasteiger partial charge in [0.05, 0.1) is 0 Å². The Hall–Kier alpha value is -0.500. The van der Waals surface area contributed by atoms with Gasteiger partial charge in [0, 0.05) is 16.2 Å². The minimum absolute atomic E-state index is 0.740. The summed E-state index contributed by atoms with van der Waals surface area (Å²) >= 11 is 3.55. The Morgan fingerprint density at radius 3 is 2.79 bits per heavy atom. The third-order valence-corrected chi connectivity index (χ3v) is 6.45. The van der Waals surface area contributed by atoms with Gasteiger partial charge in [-0.25, -0.2) is 0 Å². The summed E-state index contributed by atoms with van der Waals surface area (Å²) in [6.07, 6.45) is 7.44. The van der Waals surface area contributed by atoms with Crippen molar-refractivity contribution in [2.45, 2.75) is 45.1 Å². The maximum atomic E-state index is 3.86. The summed E-state index contributed by atoms with van der Waals surface area (Å²) in [7, 11) is 0. The Kier molecular flexibility index (Phi) is 2.91. The van der Waals surface area contributed by atoms with Crippen LogP contribution in [0, 0.1) is 30.6 Å². The smallest absolute Gasteiger partial charge is 0.0372 e. The van der Waals surface area contributed by atoms with Crippen molar-refractivity contribution in [1.82, 2.24) is 0 Å². The number of rotatable bonds is 2. The molecule has 3 saturated carbocycles. The molecule has 0 heterocycles. The summed E-state index contributed by atoms with van der Waals surface area (Å²) in [5, 5.41) is 3.86. The molecular formula is C17H22BrN. The highest BCUT2D eigenvalue weighted by molar-refractivity contribution is 9.10. The molecule has 3 aliphatic rings. The third-order valence-electron chi connectivity index (χ3n) is 5.96.